The van der Waals surface area contributed by atoms with Gasteiger partial charge in [0.05, 0.1) is 0 Å². The Balaban J connectivity index is 1.34. The van der Waals surface area contributed by atoms with E-state index >= 15 is 0 Å². The lowest BCUT2D eigenvalue weighted by atomic mass is 9.92. The first-order chi connectivity index (χ1) is 25.3. The van der Waals surface area contributed by atoms with E-state index in [1.165, 1.54) is 37.2 Å². The lowest BCUT2D eigenvalue weighted by molar-refractivity contribution is 1.07. The number of nitrogens with zero attached hydrogens (tertiary/aromatic N) is 3. The van der Waals surface area contributed by atoms with Gasteiger partial charge in [-0.15, -0.1) is 11.3 Å². The van der Waals surface area contributed by atoms with Crippen LogP contribution in [0.25, 0.3) is 88.1 Å². The molecule has 9 rings (SSSR count). The van der Waals surface area contributed by atoms with Crippen molar-refractivity contribution in [3.63, 3.8) is 0 Å². The van der Waals surface area contributed by atoms with Crippen molar-refractivity contribution in [1.29, 1.82) is 0 Å². The maximum atomic E-state index is 5.20. The molecule has 2 aromatic heterocycles. The first-order valence-corrected chi connectivity index (χ1v) is 17.9. The van der Waals surface area contributed by atoms with Gasteiger partial charge in [0.25, 0.3) is 0 Å². The van der Waals surface area contributed by atoms with Gasteiger partial charge in [-0.3, -0.25) is 0 Å². The minimum atomic E-state index is 0.638. The van der Waals surface area contributed by atoms with E-state index in [0.29, 0.717) is 17.5 Å². The van der Waals surface area contributed by atoms with Gasteiger partial charge in [-0.2, -0.15) is 0 Å². The molecule has 240 valence electrons. The minimum absolute atomic E-state index is 0.638. The average Bonchev–Trinajstić information content (AvgIpc) is 3.61. The molecule has 0 fully saturated rings. The van der Waals surface area contributed by atoms with Crippen LogP contribution >= 0.6 is 11.3 Å². The Morgan fingerprint density at radius 3 is 1.24 bits per heavy atom. The van der Waals surface area contributed by atoms with Gasteiger partial charge in [-0.1, -0.05) is 188 Å². The van der Waals surface area contributed by atoms with E-state index in [2.05, 4.69) is 152 Å². The number of aromatic nitrogens is 3. The smallest absolute Gasteiger partial charge is 0.164 e. The lowest BCUT2D eigenvalue weighted by Gasteiger charge is -2.16. The molecule has 0 radical (unpaired) electrons. The molecule has 0 aliphatic heterocycles. The van der Waals surface area contributed by atoms with Gasteiger partial charge >= 0.3 is 0 Å². The minimum Gasteiger partial charge on any atom is -0.208 e. The Labute approximate surface area is 301 Å². The molecule has 2 heterocycles. The Morgan fingerprint density at radius 1 is 0.275 bits per heavy atom. The van der Waals surface area contributed by atoms with E-state index in [1.807, 2.05) is 47.7 Å². The summed E-state index contributed by atoms with van der Waals surface area (Å²) in [6, 6.07) is 65.6. The van der Waals surface area contributed by atoms with E-state index in [-0.39, 0.29) is 0 Å². The second-order valence-electron chi connectivity index (χ2n) is 12.3. The second kappa shape index (κ2) is 13.4. The molecule has 0 amide bonds. The van der Waals surface area contributed by atoms with Crippen molar-refractivity contribution >= 4 is 22.1 Å². The highest BCUT2D eigenvalue weighted by atomic mass is 32.1. The van der Waals surface area contributed by atoms with Gasteiger partial charge in [0.2, 0.25) is 0 Å². The number of rotatable bonds is 7. The average molecular weight is 670 g/mol. The highest BCUT2D eigenvalue weighted by molar-refractivity contribution is 7.21. The maximum Gasteiger partial charge on any atom is 0.164 e. The van der Waals surface area contributed by atoms with E-state index < -0.39 is 0 Å². The van der Waals surface area contributed by atoms with Crippen molar-refractivity contribution in [2.45, 2.75) is 0 Å². The molecule has 0 aliphatic rings. The summed E-state index contributed by atoms with van der Waals surface area (Å²) in [4.78, 5) is 17.8. The van der Waals surface area contributed by atoms with Crippen LogP contribution in [-0.2, 0) is 0 Å². The maximum absolute atomic E-state index is 5.20. The molecule has 0 bridgehead atoms. The zero-order valence-electron chi connectivity index (χ0n) is 27.6. The third-order valence-corrected chi connectivity index (χ3v) is 10.5. The zero-order chi connectivity index (χ0) is 34.0. The monoisotopic (exact) mass is 669 g/mol. The van der Waals surface area contributed by atoms with Gasteiger partial charge in [-0.05, 0) is 22.3 Å². The van der Waals surface area contributed by atoms with Gasteiger partial charge < -0.3 is 0 Å². The van der Waals surface area contributed by atoms with E-state index in [9.17, 15) is 0 Å². The Kier molecular flexibility index (Phi) is 8.05. The molecule has 4 heteroatoms. The molecule has 0 saturated carbocycles. The highest BCUT2D eigenvalue weighted by Gasteiger charge is 2.24. The predicted molar refractivity (Wildman–Crippen MR) is 213 cm³/mol. The molecule has 0 N–H and O–H groups in total. The number of hydrogen-bond donors (Lipinski definition) is 0. The zero-order valence-corrected chi connectivity index (χ0v) is 28.5. The van der Waals surface area contributed by atoms with Crippen LogP contribution in [0.4, 0.5) is 0 Å². The van der Waals surface area contributed by atoms with Crippen molar-refractivity contribution in [2.75, 3.05) is 0 Å². The summed E-state index contributed by atoms with van der Waals surface area (Å²) < 4.78 is 0. The topological polar surface area (TPSA) is 38.7 Å². The third kappa shape index (κ3) is 5.82. The Bertz CT molecular complexity index is 2560. The largest absolute Gasteiger partial charge is 0.208 e. The first-order valence-electron chi connectivity index (χ1n) is 17.0. The molecule has 0 atom stereocenters. The fourth-order valence-corrected chi connectivity index (χ4v) is 8.19. The van der Waals surface area contributed by atoms with Crippen LogP contribution in [0.1, 0.15) is 0 Å². The second-order valence-corrected chi connectivity index (χ2v) is 13.4. The summed E-state index contributed by atoms with van der Waals surface area (Å²) in [7, 11) is 0. The molecule has 9 aromatic rings. The summed E-state index contributed by atoms with van der Waals surface area (Å²) in [6.45, 7) is 0. The number of benzene rings is 7. The molecule has 0 aliphatic carbocycles. The summed E-state index contributed by atoms with van der Waals surface area (Å²) in [5.41, 5.74) is 9.86. The van der Waals surface area contributed by atoms with Crippen LogP contribution in [0.3, 0.4) is 0 Å². The van der Waals surface area contributed by atoms with Crippen molar-refractivity contribution < 1.29 is 0 Å². The van der Waals surface area contributed by atoms with Gasteiger partial charge in [0, 0.05) is 48.3 Å². The molecular formula is C47H31N3S. The summed E-state index contributed by atoms with van der Waals surface area (Å²) in [5, 5.41) is 2.42. The molecule has 3 nitrogen and oxygen atoms in total. The Morgan fingerprint density at radius 2 is 0.667 bits per heavy atom. The standard InChI is InChI=1S/C47H31N3S/c1-5-18-32(19-6-1)36-26-13-14-27-38(36)43-39-28-15-16-29-40(39)44(51-43)42-37(33-20-7-2-8-21-33)30-17-31-41(42)47-49-45(34-22-9-3-10-23-34)48-46(50-47)35-24-11-4-12-25-35/h1-31H. The summed E-state index contributed by atoms with van der Waals surface area (Å²) in [5.74, 6) is 1.92. The quantitative estimate of drug-likeness (QED) is 0.169. The van der Waals surface area contributed by atoms with Crippen LogP contribution in [0, 0.1) is 0 Å². The molecule has 7 aromatic carbocycles. The number of fused-ring (bicyclic) bond motifs is 1. The molecule has 0 unspecified atom stereocenters. The van der Waals surface area contributed by atoms with Crippen molar-refractivity contribution in [2.24, 2.45) is 0 Å². The van der Waals surface area contributed by atoms with Gasteiger partial charge in [0.15, 0.2) is 17.5 Å². The number of thiophene rings is 1. The Hall–Kier alpha value is -6.49. The highest BCUT2D eigenvalue weighted by Crippen LogP contribution is 2.51. The van der Waals surface area contributed by atoms with E-state index in [0.717, 1.165) is 33.4 Å². The molecule has 0 spiro atoms. The van der Waals surface area contributed by atoms with Crippen LogP contribution in [0.15, 0.2) is 188 Å². The third-order valence-electron chi connectivity index (χ3n) is 9.19. The van der Waals surface area contributed by atoms with Crippen LogP contribution in [0.2, 0.25) is 0 Å². The fraction of sp³-hybridized carbons (Fsp3) is 0. The van der Waals surface area contributed by atoms with Crippen LogP contribution in [-0.4, -0.2) is 15.0 Å². The summed E-state index contributed by atoms with van der Waals surface area (Å²) in [6.07, 6.45) is 0. The fourth-order valence-electron chi connectivity index (χ4n) is 6.80. The SMILES string of the molecule is c1ccc(-c2nc(-c3ccccc3)nc(-c3cccc(-c4ccccc4)c3-c3sc(-c4ccccc4-c4ccccc4)c4ccccc34)n2)cc1. The summed E-state index contributed by atoms with van der Waals surface area (Å²) >= 11 is 1.84. The van der Waals surface area contributed by atoms with Crippen molar-refractivity contribution in [3.8, 4) is 77.3 Å². The van der Waals surface area contributed by atoms with Crippen LogP contribution in [0.5, 0.6) is 0 Å². The van der Waals surface area contributed by atoms with E-state index in [1.54, 1.807) is 0 Å². The van der Waals surface area contributed by atoms with E-state index in [4.69, 9.17) is 15.0 Å². The van der Waals surface area contributed by atoms with Gasteiger partial charge in [-0.25, -0.2) is 15.0 Å². The van der Waals surface area contributed by atoms with Gasteiger partial charge in [0.1, 0.15) is 0 Å². The predicted octanol–water partition coefficient (Wildman–Crippen LogP) is 12.8. The van der Waals surface area contributed by atoms with Crippen LogP contribution < -0.4 is 0 Å². The molecular weight excluding hydrogens is 639 g/mol. The molecule has 51 heavy (non-hydrogen) atoms. The first kappa shape index (κ1) is 30.6. The molecule has 0 saturated heterocycles. The lowest BCUT2D eigenvalue weighted by Crippen LogP contribution is -2.01. The van der Waals surface area contributed by atoms with Crippen molar-refractivity contribution in [1.82, 2.24) is 15.0 Å². The number of hydrogen-bond acceptors (Lipinski definition) is 4. The van der Waals surface area contributed by atoms with Crippen molar-refractivity contribution in [3.05, 3.63) is 188 Å². The normalized spacial score (nSPS) is 11.1.